The summed E-state index contributed by atoms with van der Waals surface area (Å²) in [7, 11) is 1.94. The predicted molar refractivity (Wildman–Crippen MR) is 78.0 cm³/mol. The molecular formula is C16H19N3O. The summed E-state index contributed by atoms with van der Waals surface area (Å²) in [6.07, 6.45) is 6.06. The molecule has 1 aliphatic rings. The number of benzene rings is 1. The fourth-order valence-corrected chi connectivity index (χ4v) is 2.57. The van der Waals surface area contributed by atoms with Crippen LogP contribution in [-0.2, 0) is 19.4 Å². The maximum absolute atomic E-state index is 5.94. The van der Waals surface area contributed by atoms with Crippen molar-refractivity contribution < 1.29 is 4.74 Å². The van der Waals surface area contributed by atoms with Gasteiger partial charge in [0, 0.05) is 12.1 Å². The van der Waals surface area contributed by atoms with Crippen molar-refractivity contribution in [2.24, 2.45) is 0 Å². The molecule has 0 saturated heterocycles. The number of nitrogens with zero attached hydrogens (tertiary/aromatic N) is 2. The molecule has 0 atom stereocenters. The lowest BCUT2D eigenvalue weighted by atomic mass is 9.97. The highest BCUT2D eigenvalue weighted by atomic mass is 16.5. The molecule has 1 heterocycles. The Bertz CT molecular complexity index is 581. The van der Waals surface area contributed by atoms with Gasteiger partial charge in [-0.3, -0.25) is 0 Å². The van der Waals surface area contributed by atoms with Crippen LogP contribution in [0.15, 0.2) is 30.6 Å². The first kappa shape index (κ1) is 13.1. The van der Waals surface area contributed by atoms with Crippen molar-refractivity contribution in [1.29, 1.82) is 0 Å². The fourth-order valence-electron chi connectivity index (χ4n) is 2.57. The first-order valence-electron chi connectivity index (χ1n) is 7.11. The quantitative estimate of drug-likeness (QED) is 0.927. The van der Waals surface area contributed by atoms with Crippen molar-refractivity contribution >= 4 is 0 Å². The molecule has 0 radical (unpaired) electrons. The molecule has 0 fully saturated rings. The Labute approximate surface area is 119 Å². The van der Waals surface area contributed by atoms with Gasteiger partial charge in [0.2, 0.25) is 5.88 Å². The molecule has 0 saturated carbocycles. The normalized spacial score (nSPS) is 13.8. The van der Waals surface area contributed by atoms with Gasteiger partial charge < -0.3 is 10.1 Å². The fraction of sp³-hybridized carbons (Fsp3) is 0.375. The number of fused-ring (bicyclic) bond motifs is 1. The minimum atomic E-state index is 0.719. The summed E-state index contributed by atoms with van der Waals surface area (Å²) in [5.74, 6) is 1.55. The number of aromatic nitrogens is 2. The number of aryl methyl sites for hydroxylation is 1. The van der Waals surface area contributed by atoms with Gasteiger partial charge in [-0.25, -0.2) is 9.97 Å². The molecule has 0 aliphatic heterocycles. The zero-order chi connectivity index (χ0) is 13.8. The second-order valence-electron chi connectivity index (χ2n) is 5.09. The van der Waals surface area contributed by atoms with E-state index >= 15 is 0 Å². The molecule has 1 aliphatic carbocycles. The predicted octanol–water partition coefficient (Wildman–Crippen LogP) is 2.87. The summed E-state index contributed by atoms with van der Waals surface area (Å²) >= 11 is 0. The van der Waals surface area contributed by atoms with Gasteiger partial charge in [-0.15, -0.1) is 0 Å². The third kappa shape index (κ3) is 2.80. The lowest BCUT2D eigenvalue weighted by Crippen LogP contribution is -2.08. The standard InChI is InChI=1S/C16H19N3O/c1-17-10-12-6-8-13(9-7-12)20-16-14-4-2-3-5-15(14)18-11-19-16/h6-9,11,17H,2-5,10H2,1H3. The topological polar surface area (TPSA) is 47.0 Å². The lowest BCUT2D eigenvalue weighted by molar-refractivity contribution is 0.446. The van der Waals surface area contributed by atoms with Gasteiger partial charge in [0.05, 0.1) is 5.69 Å². The minimum absolute atomic E-state index is 0.719. The van der Waals surface area contributed by atoms with Gasteiger partial charge in [-0.05, 0) is 50.4 Å². The number of hydrogen-bond donors (Lipinski definition) is 1. The van der Waals surface area contributed by atoms with Crippen LogP contribution >= 0.6 is 0 Å². The highest BCUT2D eigenvalue weighted by molar-refractivity contribution is 5.36. The van der Waals surface area contributed by atoms with E-state index in [0.29, 0.717) is 0 Å². The first-order valence-corrected chi connectivity index (χ1v) is 7.11. The van der Waals surface area contributed by atoms with Gasteiger partial charge in [0.25, 0.3) is 0 Å². The minimum Gasteiger partial charge on any atom is -0.439 e. The Balaban J connectivity index is 1.80. The molecule has 104 valence electrons. The van der Waals surface area contributed by atoms with E-state index in [1.54, 1.807) is 6.33 Å². The van der Waals surface area contributed by atoms with Gasteiger partial charge in [-0.2, -0.15) is 0 Å². The molecule has 0 amide bonds. The van der Waals surface area contributed by atoms with Crippen molar-refractivity contribution in [3.05, 3.63) is 47.4 Å². The van der Waals surface area contributed by atoms with Crippen molar-refractivity contribution in [1.82, 2.24) is 15.3 Å². The Morgan fingerprint density at radius 1 is 1.10 bits per heavy atom. The summed E-state index contributed by atoms with van der Waals surface area (Å²) in [6, 6.07) is 8.12. The molecule has 0 spiro atoms. The van der Waals surface area contributed by atoms with E-state index in [9.17, 15) is 0 Å². The summed E-state index contributed by atoms with van der Waals surface area (Å²) < 4.78 is 5.94. The third-order valence-corrected chi connectivity index (χ3v) is 3.60. The van der Waals surface area contributed by atoms with Crippen molar-refractivity contribution in [3.8, 4) is 11.6 Å². The molecule has 4 heteroatoms. The van der Waals surface area contributed by atoms with Crippen molar-refractivity contribution in [2.45, 2.75) is 32.2 Å². The number of hydrogen-bond acceptors (Lipinski definition) is 4. The van der Waals surface area contributed by atoms with Crippen LogP contribution in [0.5, 0.6) is 11.6 Å². The maximum atomic E-state index is 5.94. The Morgan fingerprint density at radius 3 is 2.70 bits per heavy atom. The Kier molecular flexibility index (Phi) is 3.92. The largest absolute Gasteiger partial charge is 0.439 e. The maximum Gasteiger partial charge on any atom is 0.225 e. The van der Waals surface area contributed by atoms with E-state index in [1.165, 1.54) is 24.0 Å². The second-order valence-corrected chi connectivity index (χ2v) is 5.09. The van der Waals surface area contributed by atoms with Crippen LogP contribution in [-0.4, -0.2) is 17.0 Å². The van der Waals surface area contributed by atoms with Crippen LogP contribution in [0.4, 0.5) is 0 Å². The van der Waals surface area contributed by atoms with Gasteiger partial charge in [0.15, 0.2) is 0 Å². The average molecular weight is 269 g/mol. The molecule has 0 bridgehead atoms. The molecule has 2 aromatic rings. The Hall–Kier alpha value is -1.94. The van der Waals surface area contributed by atoms with E-state index in [4.69, 9.17) is 4.74 Å². The van der Waals surface area contributed by atoms with Gasteiger partial charge in [0.1, 0.15) is 12.1 Å². The lowest BCUT2D eigenvalue weighted by Gasteiger charge is -2.17. The monoisotopic (exact) mass is 269 g/mol. The van der Waals surface area contributed by atoms with Crippen LogP contribution in [0.2, 0.25) is 0 Å². The summed E-state index contributed by atoms with van der Waals surface area (Å²) in [5.41, 5.74) is 3.57. The van der Waals surface area contributed by atoms with Crippen LogP contribution in [0.3, 0.4) is 0 Å². The average Bonchev–Trinajstić information content (AvgIpc) is 2.50. The number of rotatable bonds is 4. The molecular weight excluding hydrogens is 250 g/mol. The van der Waals surface area contributed by atoms with Crippen LogP contribution in [0.25, 0.3) is 0 Å². The highest BCUT2D eigenvalue weighted by Crippen LogP contribution is 2.29. The molecule has 1 aromatic heterocycles. The summed E-state index contributed by atoms with van der Waals surface area (Å²) in [5, 5.41) is 3.13. The number of nitrogens with one attached hydrogen (secondary N) is 1. The van der Waals surface area contributed by atoms with Gasteiger partial charge in [-0.1, -0.05) is 12.1 Å². The molecule has 4 nitrogen and oxygen atoms in total. The zero-order valence-corrected chi connectivity index (χ0v) is 11.7. The van der Waals surface area contributed by atoms with Crippen LogP contribution in [0, 0.1) is 0 Å². The third-order valence-electron chi connectivity index (χ3n) is 3.60. The summed E-state index contributed by atoms with van der Waals surface area (Å²) in [4.78, 5) is 8.66. The second kappa shape index (κ2) is 6.01. The van der Waals surface area contributed by atoms with Crippen molar-refractivity contribution in [3.63, 3.8) is 0 Å². The molecule has 0 unspecified atom stereocenters. The smallest absolute Gasteiger partial charge is 0.225 e. The molecule has 3 rings (SSSR count). The molecule has 1 aromatic carbocycles. The van der Waals surface area contributed by atoms with Crippen molar-refractivity contribution in [2.75, 3.05) is 7.05 Å². The molecule has 1 N–H and O–H groups in total. The Morgan fingerprint density at radius 2 is 1.90 bits per heavy atom. The van der Waals surface area contributed by atoms with E-state index < -0.39 is 0 Å². The van der Waals surface area contributed by atoms with E-state index in [2.05, 4.69) is 27.4 Å². The van der Waals surface area contributed by atoms with Gasteiger partial charge >= 0.3 is 0 Å². The summed E-state index contributed by atoms with van der Waals surface area (Å²) in [6.45, 7) is 0.864. The SMILES string of the molecule is CNCc1ccc(Oc2ncnc3c2CCCC3)cc1. The highest BCUT2D eigenvalue weighted by Gasteiger charge is 2.16. The zero-order valence-electron chi connectivity index (χ0n) is 11.7. The van der Waals surface area contributed by atoms with E-state index in [0.717, 1.165) is 36.7 Å². The first-order chi connectivity index (χ1) is 9.86. The van der Waals surface area contributed by atoms with E-state index in [-0.39, 0.29) is 0 Å². The van der Waals surface area contributed by atoms with Crippen LogP contribution in [0.1, 0.15) is 29.7 Å². The van der Waals surface area contributed by atoms with E-state index in [1.807, 2.05) is 19.2 Å². The number of ether oxygens (including phenoxy) is 1. The van der Waals surface area contributed by atoms with Crippen LogP contribution < -0.4 is 10.1 Å². The molecule has 20 heavy (non-hydrogen) atoms.